The van der Waals surface area contributed by atoms with Crippen LogP contribution in [0.15, 0.2) is 48.8 Å². The Labute approximate surface area is 162 Å². The molecule has 0 amide bonds. The van der Waals surface area contributed by atoms with E-state index in [4.69, 9.17) is 4.74 Å². The molecule has 29 heavy (non-hydrogen) atoms. The van der Waals surface area contributed by atoms with E-state index in [0.29, 0.717) is 17.0 Å². The lowest BCUT2D eigenvalue weighted by Crippen LogP contribution is -2.09. The van der Waals surface area contributed by atoms with Crippen LogP contribution in [0.4, 0.5) is 8.78 Å². The number of ether oxygens (including phenoxy) is 1. The number of benzene rings is 1. The van der Waals surface area contributed by atoms with Crippen molar-refractivity contribution in [2.75, 3.05) is 0 Å². The Morgan fingerprint density at radius 2 is 1.97 bits per heavy atom. The second-order valence-electron chi connectivity index (χ2n) is 6.35. The van der Waals surface area contributed by atoms with E-state index in [1.807, 2.05) is 18.2 Å². The molecule has 0 aliphatic heterocycles. The quantitative estimate of drug-likeness (QED) is 0.519. The Kier molecular flexibility index (Phi) is 3.90. The van der Waals surface area contributed by atoms with E-state index in [0.717, 1.165) is 23.8 Å². The summed E-state index contributed by atoms with van der Waals surface area (Å²) in [6, 6.07) is 4.87. The number of hydrogen-bond donors (Lipinski definition) is 0. The Morgan fingerprint density at radius 1 is 1.10 bits per heavy atom. The van der Waals surface area contributed by atoms with Crippen LogP contribution < -0.4 is 4.74 Å². The van der Waals surface area contributed by atoms with Crippen molar-refractivity contribution in [2.24, 2.45) is 7.05 Å². The molecule has 1 aliphatic carbocycles. The first-order valence-electron chi connectivity index (χ1n) is 8.66. The van der Waals surface area contributed by atoms with Gasteiger partial charge in [-0.15, -0.1) is 15.3 Å². The number of halogens is 2. The van der Waals surface area contributed by atoms with E-state index in [1.165, 1.54) is 10.8 Å². The third-order valence-corrected chi connectivity index (χ3v) is 4.53. The average Bonchev–Trinajstić information content (AvgIpc) is 3.26. The minimum atomic E-state index is -0.627. The van der Waals surface area contributed by atoms with E-state index in [2.05, 4.69) is 25.4 Å². The van der Waals surface area contributed by atoms with Gasteiger partial charge in [-0.3, -0.25) is 4.68 Å². The van der Waals surface area contributed by atoms with Crippen LogP contribution in [-0.4, -0.2) is 34.6 Å². The zero-order valence-electron chi connectivity index (χ0n) is 15.1. The Hall–Kier alpha value is -3.95. The fourth-order valence-electron chi connectivity index (χ4n) is 2.92. The van der Waals surface area contributed by atoms with Crippen LogP contribution >= 0.6 is 0 Å². The van der Waals surface area contributed by atoms with E-state index < -0.39 is 11.6 Å². The van der Waals surface area contributed by atoms with Gasteiger partial charge in [0.15, 0.2) is 17.3 Å². The first-order chi connectivity index (χ1) is 14.1. The summed E-state index contributed by atoms with van der Waals surface area (Å²) >= 11 is 0. The Morgan fingerprint density at radius 3 is 2.69 bits per heavy atom. The van der Waals surface area contributed by atoms with Gasteiger partial charge in [0, 0.05) is 12.6 Å². The van der Waals surface area contributed by atoms with Crippen molar-refractivity contribution in [3.8, 4) is 17.3 Å². The number of nitrogens with zero attached hydrogens (tertiary/aromatic N) is 7. The lowest BCUT2D eigenvalue weighted by Gasteiger charge is -2.14. The fraction of sp³-hybridized carbons (Fsp3) is 0.105. The molecular weight excluding hydrogens is 380 g/mol. The maximum atomic E-state index is 14.3. The molecule has 0 fully saturated rings. The molecule has 10 heteroatoms. The van der Waals surface area contributed by atoms with Crippen molar-refractivity contribution in [1.82, 2.24) is 34.6 Å². The first kappa shape index (κ1) is 17.2. The summed E-state index contributed by atoms with van der Waals surface area (Å²) in [6.45, 7) is 0.130. The van der Waals surface area contributed by atoms with Gasteiger partial charge in [0.25, 0.3) is 0 Å². The molecule has 5 rings (SSSR count). The number of rotatable bonds is 5. The largest absolute Gasteiger partial charge is 0.468 e. The monoisotopic (exact) mass is 393 g/mol. The minimum absolute atomic E-state index is 0.0419. The molecule has 0 saturated heterocycles. The van der Waals surface area contributed by atoms with E-state index in [1.54, 1.807) is 17.8 Å². The average molecular weight is 393 g/mol. The maximum Gasteiger partial charge on any atom is 0.240 e. The molecular formula is C19H13F2N7O. The van der Waals surface area contributed by atoms with Gasteiger partial charge in [-0.1, -0.05) is 18.2 Å². The van der Waals surface area contributed by atoms with Crippen LogP contribution in [0.5, 0.6) is 5.88 Å². The van der Waals surface area contributed by atoms with Gasteiger partial charge in [-0.05, 0) is 29.8 Å². The number of allylic oxidation sites excluding steroid dienone is 4. The van der Waals surface area contributed by atoms with Crippen LogP contribution in [0.3, 0.4) is 0 Å². The molecule has 0 radical (unpaired) electrons. The van der Waals surface area contributed by atoms with Crippen molar-refractivity contribution in [2.45, 2.75) is 6.61 Å². The predicted octanol–water partition coefficient (Wildman–Crippen LogP) is 2.73. The molecule has 1 aromatic carbocycles. The second-order valence-corrected chi connectivity index (χ2v) is 6.35. The van der Waals surface area contributed by atoms with Crippen LogP contribution in [-0.2, 0) is 13.7 Å². The highest BCUT2D eigenvalue weighted by Crippen LogP contribution is 2.32. The standard InChI is InChI=1S/C19H13F2N7O/c1-27-17(22-10-23-27)9-29-19-13(11-3-2-4-11)8-16-24-25-18(28(16)26-19)14-7-12(20)5-6-15(14)21/h2-8,10H,9H2,1H3. The summed E-state index contributed by atoms with van der Waals surface area (Å²) < 4.78 is 36.7. The molecule has 0 unspecified atom stereocenters. The second kappa shape index (κ2) is 6.59. The number of aromatic nitrogens is 7. The molecule has 0 bridgehead atoms. The molecule has 0 saturated carbocycles. The van der Waals surface area contributed by atoms with Gasteiger partial charge in [0.05, 0.1) is 5.56 Å². The third-order valence-electron chi connectivity index (χ3n) is 4.53. The summed E-state index contributed by atoms with van der Waals surface area (Å²) in [5, 5.41) is 16.5. The molecule has 8 nitrogen and oxygen atoms in total. The van der Waals surface area contributed by atoms with Crippen molar-refractivity contribution < 1.29 is 13.5 Å². The summed E-state index contributed by atoms with van der Waals surface area (Å²) in [6.07, 6.45) is 7.14. The highest BCUT2D eigenvalue weighted by atomic mass is 19.1. The van der Waals surface area contributed by atoms with Crippen molar-refractivity contribution >= 4 is 11.2 Å². The van der Waals surface area contributed by atoms with Gasteiger partial charge in [-0.25, -0.2) is 13.8 Å². The van der Waals surface area contributed by atoms with Gasteiger partial charge < -0.3 is 4.74 Å². The van der Waals surface area contributed by atoms with E-state index in [-0.39, 0.29) is 23.9 Å². The predicted molar refractivity (Wildman–Crippen MR) is 98.6 cm³/mol. The number of hydrogen-bond acceptors (Lipinski definition) is 6. The highest BCUT2D eigenvalue weighted by Gasteiger charge is 2.20. The number of aryl methyl sites for hydroxylation is 1. The SMILES string of the molecule is Cn1ncnc1COc1nn2c(-c3cc(F)ccc3F)nnc2cc1C1=CC=C1. The molecule has 0 spiro atoms. The summed E-state index contributed by atoms with van der Waals surface area (Å²) in [7, 11) is 1.76. The Bertz CT molecular complexity index is 1310. The van der Waals surface area contributed by atoms with Gasteiger partial charge >= 0.3 is 0 Å². The summed E-state index contributed by atoms with van der Waals surface area (Å²) in [5.74, 6) is -0.244. The molecule has 0 N–H and O–H groups in total. The first-order valence-corrected chi connectivity index (χ1v) is 8.66. The van der Waals surface area contributed by atoms with Crippen LogP contribution in [0.25, 0.3) is 22.6 Å². The molecule has 4 aromatic rings. The van der Waals surface area contributed by atoms with Crippen molar-refractivity contribution in [3.05, 3.63) is 71.8 Å². The highest BCUT2D eigenvalue weighted by molar-refractivity contribution is 5.84. The zero-order chi connectivity index (χ0) is 20.0. The maximum absolute atomic E-state index is 14.3. The number of fused-ring (bicyclic) bond motifs is 1. The molecule has 3 aromatic heterocycles. The van der Waals surface area contributed by atoms with Crippen LogP contribution in [0, 0.1) is 11.6 Å². The molecule has 1 aliphatic rings. The Balaban J connectivity index is 1.62. The van der Waals surface area contributed by atoms with Gasteiger partial charge in [0.1, 0.15) is 24.6 Å². The fourth-order valence-corrected chi connectivity index (χ4v) is 2.92. The lowest BCUT2D eigenvalue weighted by molar-refractivity contribution is 0.273. The minimum Gasteiger partial charge on any atom is -0.468 e. The van der Waals surface area contributed by atoms with E-state index in [9.17, 15) is 8.78 Å². The van der Waals surface area contributed by atoms with Gasteiger partial charge in [0.2, 0.25) is 5.88 Å². The third kappa shape index (κ3) is 2.94. The van der Waals surface area contributed by atoms with E-state index >= 15 is 0 Å². The van der Waals surface area contributed by atoms with Crippen molar-refractivity contribution in [3.63, 3.8) is 0 Å². The van der Waals surface area contributed by atoms with Crippen LogP contribution in [0.1, 0.15) is 11.4 Å². The molecule has 3 heterocycles. The molecule has 0 atom stereocenters. The zero-order valence-corrected chi connectivity index (χ0v) is 15.1. The summed E-state index contributed by atoms with van der Waals surface area (Å²) in [4.78, 5) is 4.13. The van der Waals surface area contributed by atoms with Gasteiger partial charge in [-0.2, -0.15) is 9.61 Å². The molecule has 144 valence electrons. The van der Waals surface area contributed by atoms with Crippen LogP contribution in [0.2, 0.25) is 0 Å². The lowest BCUT2D eigenvalue weighted by atomic mass is 10.0. The topological polar surface area (TPSA) is 83.0 Å². The van der Waals surface area contributed by atoms with Crippen molar-refractivity contribution in [1.29, 1.82) is 0 Å². The summed E-state index contributed by atoms with van der Waals surface area (Å²) in [5.41, 5.74) is 1.96. The smallest absolute Gasteiger partial charge is 0.240 e. The normalized spacial score (nSPS) is 12.9.